The topological polar surface area (TPSA) is 106 Å². The third kappa shape index (κ3) is 4.23. The molecule has 0 saturated carbocycles. The van der Waals surface area contributed by atoms with Crippen LogP contribution in [0, 0.1) is 0 Å². The summed E-state index contributed by atoms with van der Waals surface area (Å²) in [5, 5.41) is 3.47. The van der Waals surface area contributed by atoms with Crippen LogP contribution in [0.5, 0.6) is 5.75 Å². The minimum atomic E-state index is -0.0425. The van der Waals surface area contributed by atoms with Crippen LogP contribution in [0.1, 0.15) is 30.3 Å². The predicted molar refractivity (Wildman–Crippen MR) is 143 cm³/mol. The second-order valence-corrected chi connectivity index (χ2v) is 9.41. The van der Waals surface area contributed by atoms with E-state index < -0.39 is 0 Å². The summed E-state index contributed by atoms with van der Waals surface area (Å²) < 4.78 is 9.39. The van der Waals surface area contributed by atoms with Gasteiger partial charge >= 0.3 is 5.69 Å². The highest BCUT2D eigenvalue weighted by molar-refractivity contribution is 5.84. The fraction of sp³-hybridized carbons (Fsp3) is 0.333. The number of benzene rings is 2. The Bertz CT molecular complexity index is 1610. The van der Waals surface area contributed by atoms with Crippen LogP contribution in [-0.2, 0) is 20.1 Å². The lowest BCUT2D eigenvalue weighted by molar-refractivity contribution is 0.395. The maximum absolute atomic E-state index is 12.7. The maximum Gasteiger partial charge on any atom is 0.326 e. The lowest BCUT2D eigenvalue weighted by Gasteiger charge is -2.33. The van der Waals surface area contributed by atoms with E-state index in [-0.39, 0.29) is 11.7 Å². The van der Waals surface area contributed by atoms with E-state index in [1.165, 1.54) is 0 Å². The number of imidazole rings is 2. The summed E-state index contributed by atoms with van der Waals surface area (Å²) in [4.78, 5) is 32.0. The van der Waals surface area contributed by atoms with Crippen LogP contribution in [0.3, 0.4) is 0 Å². The quantitative estimate of drug-likeness (QED) is 0.355. The fourth-order valence-electron chi connectivity index (χ4n) is 5.35. The second kappa shape index (κ2) is 9.70. The number of para-hydroxylation sites is 3. The Labute approximate surface area is 213 Å². The summed E-state index contributed by atoms with van der Waals surface area (Å²) in [5.74, 6) is 2.61. The number of piperidine rings is 1. The van der Waals surface area contributed by atoms with E-state index in [1.54, 1.807) is 13.4 Å². The van der Waals surface area contributed by atoms with Crippen molar-refractivity contribution in [2.75, 3.05) is 25.1 Å². The normalized spacial score (nSPS) is 14.6. The highest BCUT2D eigenvalue weighted by Crippen LogP contribution is 2.30. The number of methoxy groups -OCH3 is 1. The number of H-pyrrole nitrogens is 1. The van der Waals surface area contributed by atoms with Crippen LogP contribution in [0.25, 0.3) is 22.2 Å². The first-order valence-corrected chi connectivity index (χ1v) is 12.6. The van der Waals surface area contributed by atoms with Crippen molar-refractivity contribution in [2.24, 2.45) is 7.05 Å². The number of hydrogen-bond acceptors (Lipinski definition) is 7. The first-order chi connectivity index (χ1) is 18.1. The van der Waals surface area contributed by atoms with Gasteiger partial charge in [-0.05, 0) is 31.0 Å². The zero-order valence-corrected chi connectivity index (χ0v) is 21.0. The number of aromatic amines is 1. The highest BCUT2D eigenvalue weighted by Gasteiger charge is 2.26. The summed E-state index contributed by atoms with van der Waals surface area (Å²) in [6.07, 6.45) is 3.32. The molecule has 4 heterocycles. The van der Waals surface area contributed by atoms with Gasteiger partial charge < -0.3 is 24.5 Å². The average molecular weight is 499 g/mol. The average Bonchev–Trinajstić information content (AvgIpc) is 3.44. The molecule has 1 aliphatic rings. The van der Waals surface area contributed by atoms with Gasteiger partial charge in [0.05, 0.1) is 24.7 Å². The molecule has 2 N–H and O–H groups in total. The zero-order chi connectivity index (χ0) is 25.4. The van der Waals surface area contributed by atoms with Gasteiger partial charge in [0.1, 0.15) is 17.9 Å². The minimum absolute atomic E-state index is 0.0425. The molecule has 5 aromatic rings. The van der Waals surface area contributed by atoms with Crippen molar-refractivity contribution in [3.63, 3.8) is 0 Å². The molecule has 0 atom stereocenters. The molecule has 37 heavy (non-hydrogen) atoms. The Morgan fingerprint density at radius 1 is 1.05 bits per heavy atom. The largest absolute Gasteiger partial charge is 0.496 e. The van der Waals surface area contributed by atoms with Crippen LogP contribution in [0.4, 0.5) is 5.82 Å². The first-order valence-electron chi connectivity index (χ1n) is 12.6. The molecule has 190 valence electrons. The van der Waals surface area contributed by atoms with Crippen LogP contribution < -0.4 is 20.6 Å². The van der Waals surface area contributed by atoms with E-state index >= 15 is 0 Å². The van der Waals surface area contributed by atoms with E-state index in [9.17, 15) is 4.79 Å². The Balaban J connectivity index is 1.19. The second-order valence-electron chi connectivity index (χ2n) is 9.41. The molecule has 1 aliphatic heterocycles. The smallest absolute Gasteiger partial charge is 0.326 e. The Kier molecular flexibility index (Phi) is 6.09. The predicted octanol–water partition coefficient (Wildman–Crippen LogP) is 3.15. The molecule has 10 nitrogen and oxygen atoms in total. The molecule has 0 aliphatic carbocycles. The van der Waals surface area contributed by atoms with Crippen molar-refractivity contribution >= 4 is 28.0 Å². The molecule has 0 spiro atoms. The third-order valence-corrected chi connectivity index (χ3v) is 7.27. The van der Waals surface area contributed by atoms with Gasteiger partial charge in [-0.2, -0.15) is 0 Å². The highest BCUT2D eigenvalue weighted by atomic mass is 16.5. The number of nitrogens with zero attached hydrogens (tertiary/aromatic N) is 6. The molecule has 10 heteroatoms. The number of aromatic nitrogens is 6. The van der Waals surface area contributed by atoms with Gasteiger partial charge in [-0.1, -0.05) is 30.3 Å². The van der Waals surface area contributed by atoms with Gasteiger partial charge in [-0.3, -0.25) is 4.57 Å². The number of anilines is 1. The van der Waals surface area contributed by atoms with Crippen molar-refractivity contribution in [2.45, 2.75) is 32.0 Å². The van der Waals surface area contributed by atoms with E-state index in [0.29, 0.717) is 13.1 Å². The van der Waals surface area contributed by atoms with E-state index in [0.717, 1.165) is 71.1 Å². The lowest BCUT2D eigenvalue weighted by Crippen LogP contribution is -2.37. The summed E-state index contributed by atoms with van der Waals surface area (Å²) in [5.41, 5.74) is 4.52. The van der Waals surface area contributed by atoms with Crippen molar-refractivity contribution in [3.8, 4) is 5.75 Å². The number of rotatable bonds is 7. The molecule has 0 amide bonds. The number of aryl methyl sites for hydroxylation is 1. The molecule has 3 aromatic heterocycles. The van der Waals surface area contributed by atoms with Crippen LogP contribution in [0.2, 0.25) is 0 Å². The summed E-state index contributed by atoms with van der Waals surface area (Å²) >= 11 is 0. The van der Waals surface area contributed by atoms with Crippen molar-refractivity contribution in [1.82, 2.24) is 34.4 Å². The summed E-state index contributed by atoms with van der Waals surface area (Å²) in [6.45, 7) is 2.85. The Morgan fingerprint density at radius 3 is 2.68 bits per heavy atom. The van der Waals surface area contributed by atoms with Gasteiger partial charge in [0.2, 0.25) is 0 Å². The van der Waals surface area contributed by atoms with Crippen LogP contribution in [0.15, 0.2) is 59.7 Å². The van der Waals surface area contributed by atoms with Gasteiger partial charge in [0.25, 0.3) is 0 Å². The van der Waals surface area contributed by atoms with Crippen molar-refractivity contribution in [3.05, 3.63) is 76.7 Å². The van der Waals surface area contributed by atoms with E-state index in [1.807, 2.05) is 58.6 Å². The first kappa shape index (κ1) is 23.2. The number of nitrogens with one attached hydrogen (secondary N) is 2. The lowest BCUT2D eigenvalue weighted by atomic mass is 10.0. The molecular weight excluding hydrogens is 468 g/mol. The van der Waals surface area contributed by atoms with Crippen molar-refractivity contribution in [1.29, 1.82) is 0 Å². The monoisotopic (exact) mass is 498 g/mol. The van der Waals surface area contributed by atoms with Crippen LogP contribution >= 0.6 is 0 Å². The van der Waals surface area contributed by atoms with Crippen molar-refractivity contribution < 1.29 is 4.74 Å². The van der Waals surface area contributed by atoms with E-state index in [2.05, 4.69) is 31.2 Å². The number of fused-ring (bicyclic) bond motifs is 2. The maximum atomic E-state index is 12.7. The molecule has 0 radical (unpaired) electrons. The number of ether oxygens (including phenoxy) is 1. The Hall–Kier alpha value is -4.18. The summed E-state index contributed by atoms with van der Waals surface area (Å²) in [7, 11) is 3.67. The molecule has 1 saturated heterocycles. The molecule has 0 unspecified atom stereocenters. The van der Waals surface area contributed by atoms with Gasteiger partial charge in [0, 0.05) is 38.3 Å². The third-order valence-electron chi connectivity index (χ3n) is 7.27. The Morgan fingerprint density at radius 2 is 1.84 bits per heavy atom. The fourth-order valence-corrected chi connectivity index (χ4v) is 5.35. The van der Waals surface area contributed by atoms with Gasteiger partial charge in [-0.25, -0.2) is 19.7 Å². The zero-order valence-electron chi connectivity index (χ0n) is 21.0. The van der Waals surface area contributed by atoms with Gasteiger partial charge in [0.15, 0.2) is 17.0 Å². The standard InChI is InChI=1S/C27H30N8O2/c1-33-23(16-28-15-18-7-3-6-10-22(18)37-2)32-24-25(33)29-17-30-26(24)34-13-11-19(12-14-34)35-21-9-5-4-8-20(21)31-27(35)36/h3-10,17,19,28H,11-16H2,1-2H3,(H,31,36). The SMILES string of the molecule is COc1ccccc1CNCc1nc2c(N3CCC(n4c(=O)[nH]c5ccccc54)CC3)ncnc2n1C. The van der Waals surface area contributed by atoms with Crippen LogP contribution in [-0.4, -0.2) is 49.3 Å². The molecule has 1 fully saturated rings. The molecular formula is C27H30N8O2. The number of hydrogen-bond donors (Lipinski definition) is 2. The molecule has 6 rings (SSSR count). The summed E-state index contributed by atoms with van der Waals surface area (Å²) in [6, 6.07) is 16.0. The van der Waals surface area contributed by atoms with Gasteiger partial charge in [-0.15, -0.1) is 0 Å². The molecule has 0 bridgehead atoms. The minimum Gasteiger partial charge on any atom is -0.496 e. The molecule has 2 aromatic carbocycles. The van der Waals surface area contributed by atoms with E-state index in [4.69, 9.17) is 9.72 Å².